The van der Waals surface area contributed by atoms with Gasteiger partial charge in [-0.2, -0.15) is 0 Å². The molecule has 3 rings (SSSR count). The van der Waals surface area contributed by atoms with Crippen LogP contribution in [0.2, 0.25) is 0 Å². The average molecular weight is 325 g/mol. The summed E-state index contributed by atoms with van der Waals surface area (Å²) in [5, 5.41) is 3.80. The number of thiazole rings is 1. The number of carbonyl (C=O) groups excluding carboxylic acids is 1. The summed E-state index contributed by atoms with van der Waals surface area (Å²) in [6.45, 7) is 4.32. The molecule has 1 heterocycles. The van der Waals surface area contributed by atoms with Gasteiger partial charge in [0.15, 0.2) is 5.13 Å². The molecular weight excluding hydrogens is 306 g/mol. The van der Waals surface area contributed by atoms with E-state index >= 15 is 0 Å². The normalized spacial score (nSPS) is 10.7. The lowest BCUT2D eigenvalue weighted by atomic mass is 10.1. The number of fused-ring (bicyclic) bond motifs is 1. The lowest BCUT2D eigenvalue weighted by molar-refractivity contribution is -0.114. The number of rotatable bonds is 4. The number of amides is 1. The van der Waals surface area contributed by atoms with Crippen LogP contribution in [0.4, 0.5) is 10.8 Å². The molecule has 0 aliphatic heterocycles. The highest BCUT2D eigenvalue weighted by Gasteiger charge is 2.12. The topological polar surface area (TPSA) is 45.2 Å². The van der Waals surface area contributed by atoms with Crippen LogP contribution < -0.4 is 10.2 Å². The number of hydrogen-bond acceptors (Lipinski definition) is 4. The highest BCUT2D eigenvalue weighted by atomic mass is 32.1. The quantitative estimate of drug-likeness (QED) is 0.789. The molecule has 0 saturated heterocycles. The summed E-state index contributed by atoms with van der Waals surface area (Å²) in [6, 6.07) is 14.0. The number of nitrogens with one attached hydrogen (secondary N) is 1. The number of anilines is 2. The van der Waals surface area contributed by atoms with Crippen molar-refractivity contribution in [3.63, 3.8) is 0 Å². The molecule has 0 aliphatic carbocycles. The average Bonchev–Trinajstić information content (AvgIpc) is 2.89. The molecule has 1 amide bonds. The number of likely N-dealkylation sites (N-methyl/N-ethyl adjacent to an activating group) is 1. The lowest BCUT2D eigenvalue weighted by Gasteiger charge is -2.15. The van der Waals surface area contributed by atoms with Gasteiger partial charge in [-0.25, -0.2) is 4.98 Å². The fourth-order valence-corrected chi connectivity index (χ4v) is 3.48. The lowest BCUT2D eigenvalue weighted by Crippen LogP contribution is -2.30. The zero-order valence-electron chi connectivity index (χ0n) is 13.5. The van der Waals surface area contributed by atoms with Gasteiger partial charge in [0.2, 0.25) is 5.91 Å². The van der Waals surface area contributed by atoms with Gasteiger partial charge in [-0.15, -0.1) is 0 Å². The number of carbonyl (C=O) groups is 1. The van der Waals surface area contributed by atoms with Crippen LogP contribution in [0.25, 0.3) is 10.2 Å². The first-order chi connectivity index (χ1) is 11.0. The summed E-state index contributed by atoms with van der Waals surface area (Å²) in [5.41, 5.74) is 4.08. The molecule has 4 nitrogen and oxygen atoms in total. The van der Waals surface area contributed by atoms with Crippen molar-refractivity contribution in [3.8, 4) is 0 Å². The molecule has 5 heteroatoms. The molecule has 0 fully saturated rings. The van der Waals surface area contributed by atoms with E-state index in [1.54, 1.807) is 11.3 Å². The minimum atomic E-state index is -0.0447. The van der Waals surface area contributed by atoms with Crippen LogP contribution in [0.15, 0.2) is 42.5 Å². The molecule has 0 spiro atoms. The van der Waals surface area contributed by atoms with Gasteiger partial charge < -0.3 is 10.2 Å². The van der Waals surface area contributed by atoms with Gasteiger partial charge in [-0.3, -0.25) is 4.79 Å². The Morgan fingerprint density at radius 1 is 1.17 bits per heavy atom. The van der Waals surface area contributed by atoms with E-state index in [0.29, 0.717) is 0 Å². The monoisotopic (exact) mass is 325 g/mol. The van der Waals surface area contributed by atoms with Gasteiger partial charge >= 0.3 is 0 Å². The third-order valence-corrected chi connectivity index (χ3v) is 4.65. The number of para-hydroxylation sites is 1. The molecule has 23 heavy (non-hydrogen) atoms. The third-order valence-electron chi connectivity index (χ3n) is 3.50. The van der Waals surface area contributed by atoms with Crippen LogP contribution in [0.5, 0.6) is 0 Å². The highest BCUT2D eigenvalue weighted by Crippen LogP contribution is 2.27. The van der Waals surface area contributed by atoms with Crippen LogP contribution in [0.1, 0.15) is 11.1 Å². The van der Waals surface area contributed by atoms with Crippen LogP contribution in [0, 0.1) is 13.8 Å². The number of hydrogen-bond donors (Lipinski definition) is 1. The molecule has 3 aromatic rings. The predicted molar refractivity (Wildman–Crippen MR) is 97.4 cm³/mol. The van der Waals surface area contributed by atoms with Crippen molar-refractivity contribution in [2.75, 3.05) is 23.8 Å². The Balaban J connectivity index is 1.69. The summed E-state index contributed by atoms with van der Waals surface area (Å²) in [7, 11) is 1.89. The summed E-state index contributed by atoms with van der Waals surface area (Å²) in [4.78, 5) is 18.7. The van der Waals surface area contributed by atoms with Crippen molar-refractivity contribution in [2.45, 2.75) is 13.8 Å². The van der Waals surface area contributed by atoms with E-state index in [0.717, 1.165) is 32.2 Å². The maximum absolute atomic E-state index is 12.3. The Bertz CT molecular complexity index is 803. The van der Waals surface area contributed by atoms with E-state index in [2.05, 4.69) is 16.4 Å². The van der Waals surface area contributed by atoms with Crippen LogP contribution >= 0.6 is 11.3 Å². The first-order valence-electron chi connectivity index (χ1n) is 7.46. The van der Waals surface area contributed by atoms with Crippen LogP contribution in [0.3, 0.4) is 0 Å². The Morgan fingerprint density at radius 2 is 1.87 bits per heavy atom. The van der Waals surface area contributed by atoms with Gasteiger partial charge in [-0.1, -0.05) is 29.5 Å². The Kier molecular flexibility index (Phi) is 4.30. The largest absolute Gasteiger partial charge is 0.342 e. The zero-order valence-corrected chi connectivity index (χ0v) is 14.3. The molecule has 0 bridgehead atoms. The summed E-state index contributed by atoms with van der Waals surface area (Å²) >= 11 is 1.59. The number of nitrogens with zero attached hydrogens (tertiary/aromatic N) is 2. The maximum Gasteiger partial charge on any atom is 0.243 e. The number of aromatic nitrogens is 1. The number of benzene rings is 2. The van der Waals surface area contributed by atoms with E-state index < -0.39 is 0 Å². The van der Waals surface area contributed by atoms with Crippen LogP contribution in [-0.2, 0) is 4.79 Å². The summed E-state index contributed by atoms with van der Waals surface area (Å²) < 4.78 is 1.13. The smallest absolute Gasteiger partial charge is 0.243 e. The summed E-state index contributed by atoms with van der Waals surface area (Å²) in [6.07, 6.45) is 0. The van der Waals surface area contributed by atoms with Crippen molar-refractivity contribution in [1.82, 2.24) is 4.98 Å². The Labute approximate surface area is 139 Å². The highest BCUT2D eigenvalue weighted by molar-refractivity contribution is 7.22. The van der Waals surface area contributed by atoms with E-state index in [1.165, 1.54) is 0 Å². The minimum Gasteiger partial charge on any atom is -0.342 e. The zero-order chi connectivity index (χ0) is 16.4. The molecule has 2 aromatic carbocycles. The molecule has 0 atom stereocenters. The van der Waals surface area contributed by atoms with Gasteiger partial charge in [0, 0.05) is 12.7 Å². The van der Waals surface area contributed by atoms with Gasteiger partial charge in [-0.05, 0) is 49.2 Å². The molecule has 0 unspecified atom stereocenters. The minimum absolute atomic E-state index is 0.0447. The van der Waals surface area contributed by atoms with E-state index in [1.807, 2.05) is 62.2 Å². The van der Waals surface area contributed by atoms with Crippen molar-refractivity contribution in [2.24, 2.45) is 0 Å². The molecule has 118 valence electrons. The second kappa shape index (κ2) is 6.38. The predicted octanol–water partition coefficient (Wildman–Crippen LogP) is 3.99. The van der Waals surface area contributed by atoms with E-state index in [-0.39, 0.29) is 12.5 Å². The SMILES string of the molecule is Cc1cc(C)cc(NC(=O)CN(C)c2nc3ccccc3s2)c1. The molecular formula is C18H19N3OS. The number of aryl methyl sites for hydroxylation is 2. The van der Waals surface area contributed by atoms with Crippen molar-refractivity contribution in [3.05, 3.63) is 53.6 Å². The van der Waals surface area contributed by atoms with Crippen molar-refractivity contribution >= 4 is 38.3 Å². The molecule has 1 aromatic heterocycles. The third kappa shape index (κ3) is 3.68. The summed E-state index contributed by atoms with van der Waals surface area (Å²) in [5.74, 6) is -0.0447. The first-order valence-corrected chi connectivity index (χ1v) is 8.28. The Hall–Kier alpha value is -2.40. The van der Waals surface area contributed by atoms with E-state index in [9.17, 15) is 4.79 Å². The van der Waals surface area contributed by atoms with Crippen molar-refractivity contribution in [1.29, 1.82) is 0 Å². The van der Waals surface area contributed by atoms with Gasteiger partial charge in [0.05, 0.1) is 16.8 Å². The standard InChI is InChI=1S/C18H19N3OS/c1-12-8-13(2)10-14(9-12)19-17(22)11-21(3)18-20-15-6-4-5-7-16(15)23-18/h4-10H,11H2,1-3H3,(H,19,22). The van der Waals surface area contributed by atoms with E-state index in [4.69, 9.17) is 0 Å². The fraction of sp³-hybridized carbons (Fsp3) is 0.222. The molecule has 1 N–H and O–H groups in total. The second-order valence-electron chi connectivity index (χ2n) is 5.74. The Morgan fingerprint density at radius 3 is 2.57 bits per heavy atom. The van der Waals surface area contributed by atoms with Gasteiger partial charge in [0.25, 0.3) is 0 Å². The van der Waals surface area contributed by atoms with Crippen LogP contribution in [-0.4, -0.2) is 24.5 Å². The second-order valence-corrected chi connectivity index (χ2v) is 6.75. The molecule has 0 radical (unpaired) electrons. The molecule has 0 saturated carbocycles. The van der Waals surface area contributed by atoms with Crippen molar-refractivity contribution < 1.29 is 4.79 Å². The first kappa shape index (κ1) is 15.5. The fourth-order valence-electron chi connectivity index (χ4n) is 2.55. The molecule has 0 aliphatic rings. The van der Waals surface area contributed by atoms with Gasteiger partial charge in [0.1, 0.15) is 0 Å². The maximum atomic E-state index is 12.3.